The van der Waals surface area contributed by atoms with Crippen molar-refractivity contribution in [2.75, 3.05) is 10.0 Å². The van der Waals surface area contributed by atoms with Gasteiger partial charge in [0.15, 0.2) is 0 Å². The highest BCUT2D eigenvalue weighted by molar-refractivity contribution is 7.93. The van der Waals surface area contributed by atoms with Crippen LogP contribution in [0, 0.1) is 0 Å². The first-order valence-corrected chi connectivity index (χ1v) is 11.1. The van der Waals surface area contributed by atoms with E-state index in [0.29, 0.717) is 29.8 Å². The molecule has 0 radical (unpaired) electrons. The molecular formula is C20H20N4O4S. The van der Waals surface area contributed by atoms with Gasteiger partial charge in [-0.15, -0.1) is 0 Å². The molecule has 2 fully saturated rings. The van der Waals surface area contributed by atoms with Crippen molar-refractivity contribution in [1.29, 1.82) is 0 Å². The van der Waals surface area contributed by atoms with Crippen LogP contribution in [0.25, 0.3) is 11.0 Å². The number of imidazole rings is 1. The van der Waals surface area contributed by atoms with E-state index in [2.05, 4.69) is 15.0 Å². The van der Waals surface area contributed by atoms with E-state index in [-0.39, 0.29) is 22.9 Å². The first kappa shape index (κ1) is 18.0. The third-order valence-corrected chi connectivity index (χ3v) is 7.13. The summed E-state index contributed by atoms with van der Waals surface area (Å²) in [5, 5.41) is 2.53. The summed E-state index contributed by atoms with van der Waals surface area (Å²) in [4.78, 5) is 27.5. The fourth-order valence-electron chi connectivity index (χ4n) is 3.41. The van der Waals surface area contributed by atoms with Crippen molar-refractivity contribution in [3.8, 4) is 0 Å². The van der Waals surface area contributed by atoms with E-state index in [0.717, 1.165) is 23.9 Å². The zero-order valence-corrected chi connectivity index (χ0v) is 16.3. The molecule has 2 aliphatic rings. The maximum absolute atomic E-state index is 12.6. The van der Waals surface area contributed by atoms with E-state index in [1.165, 1.54) is 0 Å². The van der Waals surface area contributed by atoms with Crippen LogP contribution in [0.5, 0.6) is 0 Å². The number of aromatic nitrogens is 2. The van der Waals surface area contributed by atoms with Crippen LogP contribution in [0.15, 0.2) is 47.3 Å². The molecular weight excluding hydrogens is 392 g/mol. The molecule has 2 aromatic carbocycles. The Bertz CT molecular complexity index is 1270. The van der Waals surface area contributed by atoms with Crippen LogP contribution in [-0.2, 0) is 10.0 Å². The van der Waals surface area contributed by atoms with Crippen molar-refractivity contribution >= 4 is 38.3 Å². The summed E-state index contributed by atoms with van der Waals surface area (Å²) in [6, 6.07) is 11.9. The maximum atomic E-state index is 12.6. The Morgan fingerprint density at radius 2 is 1.69 bits per heavy atom. The van der Waals surface area contributed by atoms with Crippen LogP contribution in [0.2, 0.25) is 0 Å². The maximum Gasteiger partial charge on any atom is 0.326 e. The summed E-state index contributed by atoms with van der Waals surface area (Å²) in [7, 11) is -3.33. The van der Waals surface area contributed by atoms with Crippen molar-refractivity contribution < 1.29 is 13.2 Å². The molecule has 9 heteroatoms. The van der Waals surface area contributed by atoms with Crippen LogP contribution in [0.1, 0.15) is 42.1 Å². The molecule has 0 aliphatic heterocycles. The molecule has 0 unspecified atom stereocenters. The van der Waals surface area contributed by atoms with Gasteiger partial charge >= 0.3 is 5.69 Å². The van der Waals surface area contributed by atoms with Gasteiger partial charge < -0.3 is 10.3 Å². The molecule has 1 aromatic heterocycles. The second-order valence-electron chi connectivity index (χ2n) is 7.64. The predicted octanol–water partition coefficient (Wildman–Crippen LogP) is 2.82. The van der Waals surface area contributed by atoms with E-state index in [1.54, 1.807) is 47.0 Å². The number of carbonyl (C=O) groups excluding carboxylic acids is 1. The van der Waals surface area contributed by atoms with Crippen molar-refractivity contribution in [2.45, 2.75) is 37.0 Å². The molecule has 150 valence electrons. The average molecular weight is 412 g/mol. The van der Waals surface area contributed by atoms with Crippen LogP contribution >= 0.6 is 0 Å². The first-order chi connectivity index (χ1) is 13.9. The Hall–Kier alpha value is -3.07. The molecule has 0 spiro atoms. The third kappa shape index (κ3) is 3.53. The second kappa shape index (κ2) is 6.48. The number of fused-ring (bicyclic) bond motifs is 1. The number of nitrogens with zero attached hydrogens (tertiary/aromatic N) is 1. The predicted molar refractivity (Wildman–Crippen MR) is 111 cm³/mol. The molecule has 0 saturated heterocycles. The zero-order valence-electron chi connectivity index (χ0n) is 15.5. The first-order valence-electron chi connectivity index (χ1n) is 9.58. The summed E-state index contributed by atoms with van der Waals surface area (Å²) in [6.07, 6.45) is 3.35. The summed E-state index contributed by atoms with van der Waals surface area (Å²) < 4.78 is 28.3. The summed E-state index contributed by atoms with van der Waals surface area (Å²) in [5.74, 6) is -0.309. The number of rotatable bonds is 6. The van der Waals surface area contributed by atoms with Crippen LogP contribution in [-0.4, -0.2) is 29.1 Å². The zero-order chi connectivity index (χ0) is 20.2. The van der Waals surface area contributed by atoms with Gasteiger partial charge in [-0.25, -0.2) is 13.2 Å². The fraction of sp³-hybridized carbons (Fsp3) is 0.300. The lowest BCUT2D eigenvalue weighted by atomic mass is 10.2. The molecule has 1 amide bonds. The molecule has 3 N–H and O–H groups in total. The minimum Gasteiger partial charge on any atom is -0.322 e. The molecule has 2 aliphatic carbocycles. The number of carbonyl (C=O) groups is 1. The standard InChI is InChI=1S/C20H20N4O4S/c25-19(12-1-3-13(4-2-12)23-29(27,28)16-8-9-16)21-14-5-10-17-18(11-14)24(15-6-7-15)20(26)22-17/h1-5,10-11,15-16,23H,6-9H2,(H,21,25)(H,22,26). The number of nitrogens with one attached hydrogen (secondary N) is 3. The Morgan fingerprint density at radius 3 is 2.34 bits per heavy atom. The largest absolute Gasteiger partial charge is 0.326 e. The van der Waals surface area contributed by atoms with E-state index in [4.69, 9.17) is 0 Å². The van der Waals surface area contributed by atoms with Crippen molar-refractivity contribution in [3.05, 3.63) is 58.5 Å². The monoisotopic (exact) mass is 412 g/mol. The lowest BCUT2D eigenvalue weighted by Gasteiger charge is -2.09. The van der Waals surface area contributed by atoms with Gasteiger partial charge in [-0.2, -0.15) is 0 Å². The molecule has 0 atom stereocenters. The van der Waals surface area contributed by atoms with E-state index < -0.39 is 10.0 Å². The number of H-pyrrole nitrogens is 1. The fourth-order valence-corrected chi connectivity index (χ4v) is 4.80. The van der Waals surface area contributed by atoms with Gasteiger partial charge in [0.05, 0.1) is 16.3 Å². The van der Waals surface area contributed by atoms with Crippen LogP contribution < -0.4 is 15.7 Å². The average Bonchev–Trinajstić information content (AvgIpc) is 3.58. The molecule has 8 nitrogen and oxygen atoms in total. The Kier molecular flexibility index (Phi) is 4.02. The number of amides is 1. The second-order valence-corrected chi connectivity index (χ2v) is 9.60. The quantitative estimate of drug-likeness (QED) is 0.578. The van der Waals surface area contributed by atoms with E-state index >= 15 is 0 Å². The summed E-state index contributed by atoms with van der Waals surface area (Å²) in [6.45, 7) is 0. The number of sulfonamides is 1. The number of aromatic amines is 1. The molecule has 3 aromatic rings. The number of hydrogen-bond donors (Lipinski definition) is 3. The Balaban J connectivity index is 1.33. The van der Waals surface area contributed by atoms with E-state index in [9.17, 15) is 18.0 Å². The van der Waals surface area contributed by atoms with Crippen LogP contribution in [0.3, 0.4) is 0 Å². The van der Waals surface area contributed by atoms with Crippen molar-refractivity contribution in [1.82, 2.24) is 9.55 Å². The van der Waals surface area contributed by atoms with Crippen molar-refractivity contribution in [3.63, 3.8) is 0 Å². The van der Waals surface area contributed by atoms with Gasteiger partial charge in [-0.05, 0) is 68.1 Å². The SMILES string of the molecule is O=C(Nc1ccc2[nH]c(=O)n(C3CC3)c2c1)c1ccc(NS(=O)(=O)C2CC2)cc1. The molecule has 2 saturated carbocycles. The van der Waals surface area contributed by atoms with Crippen molar-refractivity contribution in [2.24, 2.45) is 0 Å². The summed E-state index contributed by atoms with van der Waals surface area (Å²) >= 11 is 0. The number of benzene rings is 2. The Morgan fingerprint density at radius 1 is 1.00 bits per heavy atom. The minimum absolute atomic E-state index is 0.129. The lowest BCUT2D eigenvalue weighted by Crippen LogP contribution is -2.17. The van der Waals surface area contributed by atoms with Gasteiger partial charge in [-0.3, -0.25) is 14.1 Å². The molecule has 0 bridgehead atoms. The normalized spacial score (nSPS) is 16.7. The molecule has 5 rings (SSSR count). The molecule has 1 heterocycles. The smallest absolute Gasteiger partial charge is 0.322 e. The topological polar surface area (TPSA) is 113 Å². The van der Waals surface area contributed by atoms with E-state index in [1.807, 2.05) is 0 Å². The summed E-state index contributed by atoms with van der Waals surface area (Å²) in [5.41, 5.74) is 2.83. The highest BCUT2D eigenvalue weighted by Gasteiger charge is 2.35. The van der Waals surface area contributed by atoms with Gasteiger partial charge in [0.1, 0.15) is 0 Å². The third-order valence-electron chi connectivity index (χ3n) is 5.26. The van der Waals surface area contributed by atoms with Gasteiger partial charge in [0.2, 0.25) is 10.0 Å². The molecule has 29 heavy (non-hydrogen) atoms. The van der Waals surface area contributed by atoms with Gasteiger partial charge in [0.25, 0.3) is 5.91 Å². The lowest BCUT2D eigenvalue weighted by molar-refractivity contribution is 0.102. The van der Waals surface area contributed by atoms with Gasteiger partial charge in [0, 0.05) is 23.0 Å². The minimum atomic E-state index is -3.33. The van der Waals surface area contributed by atoms with Crippen LogP contribution in [0.4, 0.5) is 11.4 Å². The number of hydrogen-bond acceptors (Lipinski definition) is 4. The highest BCUT2D eigenvalue weighted by Crippen LogP contribution is 2.36. The highest BCUT2D eigenvalue weighted by atomic mass is 32.2. The van der Waals surface area contributed by atoms with Gasteiger partial charge in [-0.1, -0.05) is 0 Å². The Labute approximate surface area is 167 Å². The number of anilines is 2.